The molecule has 0 saturated heterocycles. The van der Waals surface area contributed by atoms with Crippen molar-refractivity contribution >= 4 is 27.5 Å². The normalized spacial score (nSPS) is 11.9. The molecular weight excluding hydrogens is 569 g/mol. The molecule has 2 amide bonds. The topological polar surface area (TPSA) is 96.0 Å². The van der Waals surface area contributed by atoms with Crippen LogP contribution in [0.5, 0.6) is 5.75 Å². The summed E-state index contributed by atoms with van der Waals surface area (Å²) >= 11 is 0. The summed E-state index contributed by atoms with van der Waals surface area (Å²) in [4.78, 5) is 28.8. The smallest absolute Gasteiger partial charge is 0.243 e. The average molecular weight is 612 g/mol. The molecule has 0 aliphatic heterocycles. The number of hydrogen-bond donors (Lipinski definition) is 1. The fourth-order valence-electron chi connectivity index (χ4n) is 4.75. The van der Waals surface area contributed by atoms with Gasteiger partial charge < -0.3 is 15.0 Å². The van der Waals surface area contributed by atoms with E-state index in [-0.39, 0.29) is 44.2 Å². The minimum absolute atomic E-state index is 0.0367. The first-order valence-electron chi connectivity index (χ1n) is 14.7. The predicted molar refractivity (Wildman–Crippen MR) is 168 cm³/mol. The Kier molecular flexibility index (Phi) is 13.0. The second-order valence-corrected chi connectivity index (χ2v) is 12.2. The monoisotopic (exact) mass is 611 g/mol. The number of sulfonamides is 1. The minimum atomic E-state index is -3.64. The van der Waals surface area contributed by atoms with Gasteiger partial charge in [0.25, 0.3) is 0 Å². The molecule has 0 aromatic heterocycles. The Morgan fingerprint density at radius 1 is 0.930 bits per heavy atom. The van der Waals surface area contributed by atoms with Gasteiger partial charge in [0.2, 0.25) is 21.8 Å². The third kappa shape index (κ3) is 10.4. The SMILES string of the molecule is CCCCNC(=O)C(Cc1ccccc1)N(Cc1ccccc1F)C(=O)CCCN(c1ccc(OCC)cc1)S(C)(=O)=O. The maximum Gasteiger partial charge on any atom is 0.243 e. The summed E-state index contributed by atoms with van der Waals surface area (Å²) in [6.45, 7) is 4.80. The van der Waals surface area contributed by atoms with E-state index in [4.69, 9.17) is 4.74 Å². The molecule has 232 valence electrons. The fourth-order valence-corrected chi connectivity index (χ4v) is 5.71. The molecule has 0 aliphatic rings. The number of unbranched alkanes of at least 4 members (excludes halogenated alkanes) is 1. The summed E-state index contributed by atoms with van der Waals surface area (Å²) in [5.41, 5.74) is 1.62. The minimum Gasteiger partial charge on any atom is -0.494 e. The second kappa shape index (κ2) is 16.6. The van der Waals surface area contributed by atoms with Crippen LogP contribution in [0.15, 0.2) is 78.9 Å². The van der Waals surface area contributed by atoms with Crippen molar-refractivity contribution < 1.29 is 27.1 Å². The van der Waals surface area contributed by atoms with E-state index in [1.165, 1.54) is 15.3 Å². The van der Waals surface area contributed by atoms with Crippen LogP contribution in [-0.4, -0.2) is 57.1 Å². The quantitative estimate of drug-likeness (QED) is 0.208. The van der Waals surface area contributed by atoms with Crippen molar-refractivity contribution in [1.29, 1.82) is 0 Å². The summed E-state index contributed by atoms with van der Waals surface area (Å²) in [5.74, 6) is -0.520. The maximum absolute atomic E-state index is 14.8. The molecule has 0 fully saturated rings. The standard InChI is InChI=1S/C33H42FN3O5S/c1-4-6-22-35-33(39)31(24-26-13-8-7-9-14-26)36(25-27-15-10-11-16-30(27)34)32(38)17-12-23-37(43(3,40)41)28-18-20-29(21-19-28)42-5-2/h7-11,13-16,18-21,31H,4-6,12,17,22-25H2,1-3H3,(H,35,39). The van der Waals surface area contributed by atoms with Crippen molar-refractivity contribution in [2.24, 2.45) is 0 Å². The third-order valence-corrected chi connectivity index (χ3v) is 8.18. The van der Waals surface area contributed by atoms with Gasteiger partial charge in [0.1, 0.15) is 17.6 Å². The van der Waals surface area contributed by atoms with E-state index in [2.05, 4.69) is 5.32 Å². The molecule has 0 saturated carbocycles. The molecule has 3 rings (SSSR count). The van der Waals surface area contributed by atoms with Crippen molar-refractivity contribution in [3.8, 4) is 5.75 Å². The number of rotatable bonds is 17. The van der Waals surface area contributed by atoms with Gasteiger partial charge >= 0.3 is 0 Å². The van der Waals surface area contributed by atoms with Gasteiger partial charge in [-0.1, -0.05) is 61.9 Å². The number of nitrogens with one attached hydrogen (secondary N) is 1. The molecule has 3 aromatic carbocycles. The van der Waals surface area contributed by atoms with E-state index in [1.807, 2.05) is 44.2 Å². The summed E-state index contributed by atoms with van der Waals surface area (Å²) in [5, 5.41) is 2.94. The molecular formula is C33H42FN3O5S. The number of halogens is 1. The molecule has 1 atom stereocenters. The molecule has 43 heavy (non-hydrogen) atoms. The number of hydrogen-bond acceptors (Lipinski definition) is 5. The summed E-state index contributed by atoms with van der Waals surface area (Å²) in [6, 6.07) is 21.4. The highest BCUT2D eigenvalue weighted by Crippen LogP contribution is 2.23. The Morgan fingerprint density at radius 2 is 1.60 bits per heavy atom. The van der Waals surface area contributed by atoms with Crippen LogP contribution in [-0.2, 0) is 32.6 Å². The molecule has 0 spiro atoms. The number of carbonyl (C=O) groups is 2. The largest absolute Gasteiger partial charge is 0.494 e. The first-order valence-corrected chi connectivity index (χ1v) is 16.5. The molecule has 3 aromatic rings. The van der Waals surface area contributed by atoms with Crippen LogP contribution in [0.3, 0.4) is 0 Å². The number of carbonyl (C=O) groups excluding carboxylic acids is 2. The Bertz CT molecular complexity index is 1420. The van der Waals surface area contributed by atoms with Gasteiger partial charge in [0, 0.05) is 38.0 Å². The number of amides is 2. The van der Waals surface area contributed by atoms with E-state index >= 15 is 0 Å². The van der Waals surface area contributed by atoms with E-state index in [0.717, 1.165) is 24.7 Å². The first kappa shape index (κ1) is 33.6. The number of nitrogens with zero attached hydrogens (tertiary/aromatic N) is 2. The van der Waals surface area contributed by atoms with Crippen molar-refractivity contribution in [3.63, 3.8) is 0 Å². The Labute approximate surface area is 254 Å². The Balaban J connectivity index is 1.86. The molecule has 1 unspecified atom stereocenters. The molecule has 10 heteroatoms. The highest BCUT2D eigenvalue weighted by molar-refractivity contribution is 7.92. The molecule has 0 aliphatic carbocycles. The van der Waals surface area contributed by atoms with E-state index in [9.17, 15) is 22.4 Å². The van der Waals surface area contributed by atoms with Crippen molar-refractivity contribution in [2.45, 2.75) is 58.5 Å². The lowest BCUT2D eigenvalue weighted by molar-refractivity contribution is -0.141. The van der Waals surface area contributed by atoms with Crippen LogP contribution in [0.1, 0.15) is 50.7 Å². The van der Waals surface area contributed by atoms with Crippen molar-refractivity contribution in [1.82, 2.24) is 10.2 Å². The van der Waals surface area contributed by atoms with Crippen molar-refractivity contribution in [2.75, 3.05) is 30.3 Å². The van der Waals surface area contributed by atoms with Gasteiger partial charge in [-0.2, -0.15) is 0 Å². The third-order valence-electron chi connectivity index (χ3n) is 6.99. The van der Waals surface area contributed by atoms with Crippen LogP contribution in [0.25, 0.3) is 0 Å². The van der Waals surface area contributed by atoms with Crippen molar-refractivity contribution in [3.05, 3.63) is 95.8 Å². The highest BCUT2D eigenvalue weighted by Gasteiger charge is 2.31. The molecule has 1 N–H and O–H groups in total. The van der Waals surface area contributed by atoms with Crippen LogP contribution < -0.4 is 14.4 Å². The molecule has 0 bridgehead atoms. The van der Waals surface area contributed by atoms with E-state index in [0.29, 0.717) is 30.2 Å². The summed E-state index contributed by atoms with van der Waals surface area (Å²) in [7, 11) is -3.64. The Morgan fingerprint density at radius 3 is 2.23 bits per heavy atom. The van der Waals surface area contributed by atoms with Gasteiger partial charge in [0.05, 0.1) is 18.6 Å². The highest BCUT2D eigenvalue weighted by atomic mass is 32.2. The predicted octanol–water partition coefficient (Wildman–Crippen LogP) is 5.33. The zero-order valence-electron chi connectivity index (χ0n) is 25.2. The van der Waals surface area contributed by atoms with Crippen LogP contribution in [0.4, 0.5) is 10.1 Å². The van der Waals surface area contributed by atoms with Gasteiger partial charge in [-0.05, 0) is 55.7 Å². The van der Waals surface area contributed by atoms with Crippen LogP contribution in [0.2, 0.25) is 0 Å². The number of anilines is 1. The van der Waals surface area contributed by atoms with Gasteiger partial charge in [0.15, 0.2) is 0 Å². The molecule has 8 nitrogen and oxygen atoms in total. The zero-order chi connectivity index (χ0) is 31.2. The Hall–Kier alpha value is -3.92. The zero-order valence-corrected chi connectivity index (χ0v) is 26.0. The summed E-state index contributed by atoms with van der Waals surface area (Å²) < 4.78 is 46.8. The lowest BCUT2D eigenvalue weighted by atomic mass is 10.0. The van der Waals surface area contributed by atoms with Crippen LogP contribution >= 0.6 is 0 Å². The van der Waals surface area contributed by atoms with Gasteiger partial charge in [-0.3, -0.25) is 13.9 Å². The maximum atomic E-state index is 14.8. The molecule has 0 heterocycles. The summed E-state index contributed by atoms with van der Waals surface area (Å²) in [6.07, 6.45) is 3.21. The van der Waals surface area contributed by atoms with E-state index in [1.54, 1.807) is 42.5 Å². The molecule has 0 radical (unpaired) electrons. The first-order chi connectivity index (χ1) is 20.6. The van der Waals surface area contributed by atoms with Gasteiger partial charge in [-0.15, -0.1) is 0 Å². The lowest BCUT2D eigenvalue weighted by Crippen LogP contribution is -2.50. The van der Waals surface area contributed by atoms with Crippen LogP contribution in [0, 0.1) is 5.82 Å². The number of ether oxygens (including phenoxy) is 1. The lowest BCUT2D eigenvalue weighted by Gasteiger charge is -2.32. The fraction of sp³-hybridized carbons (Fsp3) is 0.394. The van der Waals surface area contributed by atoms with Gasteiger partial charge in [-0.25, -0.2) is 12.8 Å². The average Bonchev–Trinajstić information content (AvgIpc) is 2.98. The van der Waals surface area contributed by atoms with E-state index < -0.39 is 21.9 Å². The number of benzene rings is 3. The second-order valence-electron chi connectivity index (χ2n) is 10.3.